The van der Waals surface area contributed by atoms with E-state index < -0.39 is 0 Å². The highest BCUT2D eigenvalue weighted by molar-refractivity contribution is 5.46. The summed E-state index contributed by atoms with van der Waals surface area (Å²) in [6.45, 7) is 5.80. The number of rotatable bonds is 3. The van der Waals surface area contributed by atoms with Crippen LogP contribution in [0.4, 0.5) is 5.69 Å². The van der Waals surface area contributed by atoms with Gasteiger partial charge in [-0.2, -0.15) is 0 Å². The highest BCUT2D eigenvalue weighted by Gasteiger charge is 2.07. The predicted molar refractivity (Wildman–Crippen MR) is 55.9 cm³/mol. The third-order valence-corrected chi connectivity index (χ3v) is 2.14. The van der Waals surface area contributed by atoms with Gasteiger partial charge in [0.25, 0.3) is 0 Å². The van der Waals surface area contributed by atoms with Crippen molar-refractivity contribution in [2.45, 2.75) is 32.9 Å². The lowest BCUT2D eigenvalue weighted by Crippen LogP contribution is -2.27. The van der Waals surface area contributed by atoms with Gasteiger partial charge in [-0.25, -0.2) is 0 Å². The second-order valence-corrected chi connectivity index (χ2v) is 3.54. The van der Waals surface area contributed by atoms with E-state index in [9.17, 15) is 5.11 Å². The molecule has 0 radical (unpaired) electrons. The fourth-order valence-electron chi connectivity index (χ4n) is 1.12. The van der Waals surface area contributed by atoms with Crippen molar-refractivity contribution in [3.05, 3.63) is 29.8 Å². The van der Waals surface area contributed by atoms with Crippen molar-refractivity contribution in [3.8, 4) is 0 Å². The van der Waals surface area contributed by atoms with Crippen LogP contribution in [0.15, 0.2) is 24.3 Å². The van der Waals surface area contributed by atoms with Gasteiger partial charge in [-0.05, 0) is 38.5 Å². The van der Waals surface area contributed by atoms with Crippen LogP contribution >= 0.6 is 0 Å². The van der Waals surface area contributed by atoms with Gasteiger partial charge in [0.2, 0.25) is 0 Å². The Morgan fingerprint density at radius 1 is 1.31 bits per heavy atom. The van der Waals surface area contributed by atoms with Gasteiger partial charge in [0.05, 0.1) is 6.10 Å². The van der Waals surface area contributed by atoms with Gasteiger partial charge in [0.15, 0.2) is 0 Å². The van der Waals surface area contributed by atoms with Crippen molar-refractivity contribution in [1.82, 2.24) is 0 Å². The van der Waals surface area contributed by atoms with Crippen LogP contribution in [0.5, 0.6) is 0 Å². The zero-order valence-corrected chi connectivity index (χ0v) is 8.41. The lowest BCUT2D eigenvalue weighted by atomic mass is 10.1. The molecule has 13 heavy (non-hydrogen) atoms. The van der Waals surface area contributed by atoms with Gasteiger partial charge < -0.3 is 10.4 Å². The number of aryl methyl sites for hydroxylation is 1. The largest absolute Gasteiger partial charge is 0.391 e. The van der Waals surface area contributed by atoms with Crippen molar-refractivity contribution < 1.29 is 5.11 Å². The Morgan fingerprint density at radius 3 is 2.54 bits per heavy atom. The Morgan fingerprint density at radius 2 is 2.00 bits per heavy atom. The number of aliphatic hydroxyl groups excluding tert-OH is 1. The number of anilines is 1. The summed E-state index contributed by atoms with van der Waals surface area (Å²) >= 11 is 0. The van der Waals surface area contributed by atoms with E-state index in [0.29, 0.717) is 0 Å². The maximum absolute atomic E-state index is 9.29. The molecular formula is C11H17NO. The molecule has 2 N–H and O–H groups in total. The molecule has 2 heteroatoms. The Hall–Kier alpha value is -1.02. The standard InChI is InChI=1S/C11H17NO/c1-8-5-4-6-11(7-8)12-9(2)10(3)13/h4-7,9-10,12-13H,1-3H3/t9-,10-/m1/s1. The van der Waals surface area contributed by atoms with E-state index in [2.05, 4.69) is 24.4 Å². The molecule has 0 spiro atoms. The molecule has 1 aromatic rings. The van der Waals surface area contributed by atoms with E-state index in [-0.39, 0.29) is 12.1 Å². The number of benzene rings is 1. The molecule has 2 atom stereocenters. The number of nitrogens with one attached hydrogen (secondary N) is 1. The Balaban J connectivity index is 2.64. The maximum Gasteiger partial charge on any atom is 0.0710 e. The Labute approximate surface area is 79.6 Å². The van der Waals surface area contributed by atoms with E-state index in [1.54, 1.807) is 6.92 Å². The Kier molecular flexibility index (Phi) is 3.32. The summed E-state index contributed by atoms with van der Waals surface area (Å²) in [6.07, 6.45) is -0.333. The second kappa shape index (κ2) is 4.28. The lowest BCUT2D eigenvalue weighted by molar-refractivity contribution is 0.178. The second-order valence-electron chi connectivity index (χ2n) is 3.54. The van der Waals surface area contributed by atoms with Crippen LogP contribution in [0.25, 0.3) is 0 Å². The van der Waals surface area contributed by atoms with Crippen LogP contribution in [0.1, 0.15) is 19.4 Å². The lowest BCUT2D eigenvalue weighted by Gasteiger charge is -2.17. The van der Waals surface area contributed by atoms with Gasteiger partial charge in [-0.1, -0.05) is 12.1 Å². The smallest absolute Gasteiger partial charge is 0.0710 e. The molecule has 2 nitrogen and oxygen atoms in total. The van der Waals surface area contributed by atoms with Crippen LogP contribution in [0, 0.1) is 6.92 Å². The highest BCUT2D eigenvalue weighted by Crippen LogP contribution is 2.11. The van der Waals surface area contributed by atoms with Gasteiger partial charge in [-0.15, -0.1) is 0 Å². The summed E-state index contributed by atoms with van der Waals surface area (Å²) in [4.78, 5) is 0. The van der Waals surface area contributed by atoms with Gasteiger partial charge in [0, 0.05) is 11.7 Å². The third kappa shape index (κ3) is 3.07. The van der Waals surface area contributed by atoms with Crippen molar-refractivity contribution in [2.75, 3.05) is 5.32 Å². The molecule has 0 aromatic heterocycles. The molecule has 0 amide bonds. The minimum absolute atomic E-state index is 0.0850. The van der Waals surface area contributed by atoms with Crippen LogP contribution in [0.3, 0.4) is 0 Å². The summed E-state index contributed by atoms with van der Waals surface area (Å²) in [6, 6.07) is 8.22. The molecule has 1 aromatic carbocycles. The summed E-state index contributed by atoms with van der Waals surface area (Å²) in [5.41, 5.74) is 2.29. The fourth-order valence-corrected chi connectivity index (χ4v) is 1.12. The Bertz CT molecular complexity index is 271. The molecule has 0 saturated carbocycles. The van der Waals surface area contributed by atoms with Gasteiger partial charge in [-0.3, -0.25) is 0 Å². The molecule has 0 aliphatic carbocycles. The number of hydrogen-bond acceptors (Lipinski definition) is 2. The number of aliphatic hydroxyl groups is 1. The van der Waals surface area contributed by atoms with Crippen LogP contribution in [-0.2, 0) is 0 Å². The molecule has 0 saturated heterocycles. The first-order valence-corrected chi connectivity index (χ1v) is 4.61. The first-order chi connectivity index (χ1) is 6.09. The molecule has 0 fully saturated rings. The summed E-state index contributed by atoms with van der Waals surface area (Å²) in [7, 11) is 0. The molecular weight excluding hydrogens is 162 g/mol. The first kappa shape index (κ1) is 10.1. The van der Waals surface area contributed by atoms with Crippen LogP contribution in [0.2, 0.25) is 0 Å². The van der Waals surface area contributed by atoms with Gasteiger partial charge in [0.1, 0.15) is 0 Å². The van der Waals surface area contributed by atoms with Crippen LogP contribution in [-0.4, -0.2) is 17.3 Å². The molecule has 0 bridgehead atoms. The van der Waals surface area contributed by atoms with E-state index in [0.717, 1.165) is 5.69 Å². The monoisotopic (exact) mass is 179 g/mol. The third-order valence-electron chi connectivity index (χ3n) is 2.14. The van der Waals surface area contributed by atoms with E-state index >= 15 is 0 Å². The SMILES string of the molecule is Cc1cccc(N[C@H](C)[C@@H](C)O)c1. The van der Waals surface area contributed by atoms with Crippen molar-refractivity contribution in [2.24, 2.45) is 0 Å². The highest BCUT2D eigenvalue weighted by atomic mass is 16.3. The van der Waals surface area contributed by atoms with Crippen LogP contribution < -0.4 is 5.32 Å². The molecule has 1 rings (SSSR count). The zero-order valence-electron chi connectivity index (χ0n) is 8.41. The maximum atomic E-state index is 9.29. The van der Waals surface area contributed by atoms with Crippen molar-refractivity contribution >= 4 is 5.69 Å². The summed E-state index contributed by atoms with van der Waals surface area (Å²) in [5, 5.41) is 12.5. The molecule has 0 heterocycles. The molecule has 72 valence electrons. The van der Waals surface area contributed by atoms with E-state index in [1.807, 2.05) is 19.1 Å². The minimum atomic E-state index is -0.333. The van der Waals surface area contributed by atoms with E-state index in [4.69, 9.17) is 0 Å². The average molecular weight is 179 g/mol. The normalized spacial score (nSPS) is 15.1. The van der Waals surface area contributed by atoms with Gasteiger partial charge >= 0.3 is 0 Å². The topological polar surface area (TPSA) is 32.3 Å². The molecule has 0 aliphatic rings. The minimum Gasteiger partial charge on any atom is -0.391 e. The summed E-state index contributed by atoms with van der Waals surface area (Å²) in [5.74, 6) is 0. The average Bonchev–Trinajstić information content (AvgIpc) is 2.04. The van der Waals surface area contributed by atoms with Crippen molar-refractivity contribution in [3.63, 3.8) is 0 Å². The van der Waals surface area contributed by atoms with Crippen molar-refractivity contribution in [1.29, 1.82) is 0 Å². The summed E-state index contributed by atoms with van der Waals surface area (Å²) < 4.78 is 0. The zero-order chi connectivity index (χ0) is 9.84. The molecule has 0 unspecified atom stereocenters. The first-order valence-electron chi connectivity index (χ1n) is 4.61. The fraction of sp³-hybridized carbons (Fsp3) is 0.455. The van der Waals surface area contributed by atoms with E-state index in [1.165, 1.54) is 5.56 Å². The quantitative estimate of drug-likeness (QED) is 0.745. The predicted octanol–water partition coefficient (Wildman–Crippen LogP) is 2.18. The number of hydrogen-bond donors (Lipinski definition) is 2. The molecule has 0 aliphatic heterocycles.